The average Bonchev–Trinajstić information content (AvgIpc) is 3.49. The molecule has 3 aliphatic rings. The highest BCUT2D eigenvalue weighted by molar-refractivity contribution is 5.85. The summed E-state index contributed by atoms with van der Waals surface area (Å²) in [6.45, 7) is 16.0. The Bertz CT molecular complexity index is 1230. The normalized spacial score (nSPS) is 23.4. The van der Waals surface area contributed by atoms with Crippen molar-refractivity contribution in [2.24, 2.45) is 17.3 Å². The molecule has 194 valence electrons. The topological polar surface area (TPSA) is 0 Å². The van der Waals surface area contributed by atoms with Gasteiger partial charge in [-0.3, -0.25) is 0 Å². The van der Waals surface area contributed by atoms with Crippen LogP contribution in [0.15, 0.2) is 78.4 Å². The molecule has 0 aromatic heterocycles. The Balaban J connectivity index is 1.24. The summed E-state index contributed by atoms with van der Waals surface area (Å²) in [4.78, 5) is 0. The number of benzene rings is 2. The fourth-order valence-corrected chi connectivity index (χ4v) is 7.03. The molecule has 0 amide bonds. The number of hydrogen-bond acceptors (Lipinski definition) is 0. The summed E-state index contributed by atoms with van der Waals surface area (Å²) < 4.78 is 0. The Morgan fingerprint density at radius 2 is 1.51 bits per heavy atom. The molecule has 5 rings (SSSR count). The van der Waals surface area contributed by atoms with Crippen LogP contribution >= 0.6 is 0 Å². The molecule has 2 aromatic carbocycles. The molecule has 1 saturated carbocycles. The summed E-state index contributed by atoms with van der Waals surface area (Å²) in [5.74, 6) is 1.87. The maximum absolute atomic E-state index is 4.47. The highest BCUT2D eigenvalue weighted by Gasteiger charge is 2.30. The Hall–Kier alpha value is -2.60. The van der Waals surface area contributed by atoms with E-state index >= 15 is 0 Å². The van der Waals surface area contributed by atoms with E-state index in [-0.39, 0.29) is 0 Å². The summed E-state index contributed by atoms with van der Waals surface area (Å²) >= 11 is 0. The molecule has 2 aromatic rings. The predicted molar refractivity (Wildman–Crippen MR) is 162 cm³/mol. The van der Waals surface area contributed by atoms with Crippen LogP contribution in [0, 0.1) is 17.3 Å². The molecule has 0 nitrogen and oxygen atoms in total. The third-order valence-corrected chi connectivity index (χ3v) is 9.09. The quantitative estimate of drug-likeness (QED) is 0.339. The summed E-state index contributed by atoms with van der Waals surface area (Å²) in [7, 11) is 0. The van der Waals surface area contributed by atoms with Gasteiger partial charge >= 0.3 is 0 Å². The number of aryl methyl sites for hydroxylation is 2. The molecule has 0 aliphatic heterocycles. The van der Waals surface area contributed by atoms with Crippen LogP contribution in [0.3, 0.4) is 0 Å². The van der Waals surface area contributed by atoms with Crippen LogP contribution in [-0.4, -0.2) is 0 Å². The molecule has 0 saturated heterocycles. The van der Waals surface area contributed by atoms with Crippen molar-refractivity contribution in [1.82, 2.24) is 0 Å². The molecular weight excluding hydrogens is 444 g/mol. The molecule has 0 bridgehead atoms. The molecule has 1 unspecified atom stereocenters. The van der Waals surface area contributed by atoms with Crippen molar-refractivity contribution < 1.29 is 0 Å². The molecule has 0 spiro atoms. The lowest BCUT2D eigenvalue weighted by Gasteiger charge is -2.32. The third kappa shape index (κ3) is 5.64. The standard InChI is InChI=1S/C37H46/c1-7-26-9-18-32(21-27(26)8-2)34-22-33-19-20-35(36(33)23-34)31-16-14-30(15-17-31)29-12-10-28(11-13-29)25(3)24-37(4,5)6/h9,14-21,23,28-29,36H,3,7-8,10-13,22,24H2,1-2,4-6H3. The first kappa shape index (κ1) is 26.0. The molecule has 1 atom stereocenters. The van der Waals surface area contributed by atoms with E-state index in [1.165, 1.54) is 70.2 Å². The fraction of sp³-hybridized carbons (Fsp3) is 0.459. The first-order chi connectivity index (χ1) is 17.8. The van der Waals surface area contributed by atoms with Crippen molar-refractivity contribution in [2.75, 3.05) is 0 Å². The number of allylic oxidation sites excluding steroid dienone is 7. The van der Waals surface area contributed by atoms with Crippen LogP contribution in [-0.2, 0) is 12.8 Å². The third-order valence-electron chi connectivity index (χ3n) is 9.09. The molecule has 0 radical (unpaired) electrons. The number of fused-ring (bicyclic) bond motifs is 1. The highest BCUT2D eigenvalue weighted by atomic mass is 14.3. The van der Waals surface area contributed by atoms with Gasteiger partial charge in [-0.15, -0.1) is 0 Å². The smallest absolute Gasteiger partial charge is 0.0246 e. The van der Waals surface area contributed by atoms with E-state index < -0.39 is 0 Å². The van der Waals surface area contributed by atoms with Gasteiger partial charge in [-0.1, -0.05) is 113 Å². The zero-order valence-corrected chi connectivity index (χ0v) is 23.9. The molecule has 0 heteroatoms. The van der Waals surface area contributed by atoms with Crippen molar-refractivity contribution in [3.8, 4) is 0 Å². The zero-order valence-electron chi connectivity index (χ0n) is 23.9. The molecule has 3 aliphatic carbocycles. The van der Waals surface area contributed by atoms with Crippen molar-refractivity contribution >= 4 is 11.1 Å². The maximum atomic E-state index is 4.47. The van der Waals surface area contributed by atoms with Gasteiger partial charge in [0, 0.05) is 5.92 Å². The second-order valence-corrected chi connectivity index (χ2v) is 13.0. The van der Waals surface area contributed by atoms with Crippen molar-refractivity contribution in [1.29, 1.82) is 0 Å². The van der Waals surface area contributed by atoms with Crippen LogP contribution in [0.5, 0.6) is 0 Å². The average molecular weight is 491 g/mol. The van der Waals surface area contributed by atoms with Gasteiger partial charge in [0.2, 0.25) is 0 Å². The van der Waals surface area contributed by atoms with Crippen LogP contribution in [0.25, 0.3) is 11.1 Å². The van der Waals surface area contributed by atoms with Crippen LogP contribution in [0.4, 0.5) is 0 Å². The second kappa shape index (κ2) is 10.6. The molecule has 1 fully saturated rings. The van der Waals surface area contributed by atoms with Gasteiger partial charge in [-0.2, -0.15) is 0 Å². The Morgan fingerprint density at radius 1 is 0.838 bits per heavy atom. The van der Waals surface area contributed by atoms with Gasteiger partial charge in [0.1, 0.15) is 0 Å². The van der Waals surface area contributed by atoms with Crippen molar-refractivity contribution in [2.45, 2.75) is 91.9 Å². The van der Waals surface area contributed by atoms with E-state index in [9.17, 15) is 0 Å². The van der Waals surface area contributed by atoms with E-state index in [1.807, 2.05) is 0 Å². The van der Waals surface area contributed by atoms with Crippen LogP contribution in [0.2, 0.25) is 0 Å². The summed E-state index contributed by atoms with van der Waals surface area (Å²) in [6, 6.07) is 16.7. The minimum atomic E-state index is 0.348. The van der Waals surface area contributed by atoms with Gasteiger partial charge in [0.25, 0.3) is 0 Å². The van der Waals surface area contributed by atoms with Gasteiger partial charge in [-0.05, 0) is 108 Å². The largest absolute Gasteiger partial charge is 0.0996 e. The number of rotatable bonds is 7. The maximum Gasteiger partial charge on any atom is 0.0246 e. The van der Waals surface area contributed by atoms with E-state index in [1.54, 1.807) is 5.57 Å². The SMILES string of the molecule is C=C(CC(C)(C)C)C1CCC(c2ccc(C3=CC=C4CC(c5ccc(CC)c(CC)c5)=CC43)cc2)CC1. The number of hydrogen-bond donors (Lipinski definition) is 0. The lowest BCUT2D eigenvalue weighted by atomic mass is 9.73. The lowest BCUT2D eigenvalue weighted by molar-refractivity contribution is 0.325. The summed E-state index contributed by atoms with van der Waals surface area (Å²) in [5, 5.41) is 0. The first-order valence-electron chi connectivity index (χ1n) is 14.8. The molecule has 37 heavy (non-hydrogen) atoms. The van der Waals surface area contributed by atoms with Gasteiger partial charge in [0.15, 0.2) is 0 Å². The Kier molecular flexibility index (Phi) is 7.49. The van der Waals surface area contributed by atoms with Crippen LogP contribution < -0.4 is 0 Å². The minimum absolute atomic E-state index is 0.348. The van der Waals surface area contributed by atoms with Crippen molar-refractivity contribution in [3.05, 3.63) is 106 Å². The Labute approximate surface area is 226 Å². The van der Waals surface area contributed by atoms with E-state index in [2.05, 4.69) is 102 Å². The van der Waals surface area contributed by atoms with E-state index in [0.29, 0.717) is 17.3 Å². The lowest BCUT2D eigenvalue weighted by Crippen LogP contribution is -2.18. The minimum Gasteiger partial charge on any atom is -0.0996 e. The zero-order chi connectivity index (χ0) is 26.2. The fourth-order valence-electron chi connectivity index (χ4n) is 7.03. The monoisotopic (exact) mass is 490 g/mol. The van der Waals surface area contributed by atoms with E-state index in [0.717, 1.165) is 31.6 Å². The molecule has 0 N–H and O–H groups in total. The van der Waals surface area contributed by atoms with Crippen LogP contribution in [0.1, 0.15) is 107 Å². The van der Waals surface area contributed by atoms with Gasteiger partial charge in [0.05, 0.1) is 0 Å². The summed E-state index contributed by atoms with van der Waals surface area (Å²) in [5.41, 5.74) is 13.7. The second-order valence-electron chi connectivity index (χ2n) is 13.0. The van der Waals surface area contributed by atoms with E-state index in [4.69, 9.17) is 0 Å². The predicted octanol–water partition coefficient (Wildman–Crippen LogP) is 10.5. The molecule has 0 heterocycles. The Morgan fingerprint density at radius 3 is 2.16 bits per heavy atom. The van der Waals surface area contributed by atoms with Gasteiger partial charge < -0.3 is 0 Å². The molecular formula is C37H46. The first-order valence-corrected chi connectivity index (χ1v) is 14.8. The summed E-state index contributed by atoms with van der Waals surface area (Å²) in [6.07, 6.45) is 16.9. The van der Waals surface area contributed by atoms with Crippen molar-refractivity contribution in [3.63, 3.8) is 0 Å². The highest BCUT2D eigenvalue weighted by Crippen LogP contribution is 2.47. The van der Waals surface area contributed by atoms with Gasteiger partial charge in [-0.25, -0.2) is 0 Å².